The molecule has 0 bridgehead atoms. The van der Waals surface area contributed by atoms with E-state index in [1.807, 2.05) is 35.2 Å². The summed E-state index contributed by atoms with van der Waals surface area (Å²) in [5.74, 6) is 0.885. The fraction of sp³-hybridized carbons (Fsp3) is 0.350. The molecule has 2 aromatic rings. The normalized spacial score (nSPS) is 15.8. The Morgan fingerprint density at radius 2 is 1.71 bits per heavy atom. The molecule has 0 radical (unpaired) electrons. The third-order valence-corrected chi connectivity index (χ3v) is 4.46. The van der Waals surface area contributed by atoms with E-state index >= 15 is 0 Å². The van der Waals surface area contributed by atoms with E-state index in [2.05, 4.69) is 29.2 Å². The van der Waals surface area contributed by atoms with E-state index < -0.39 is 0 Å². The maximum Gasteiger partial charge on any atom is 0.253 e. The summed E-state index contributed by atoms with van der Waals surface area (Å²) < 4.78 is 5.15. The van der Waals surface area contributed by atoms with Crippen LogP contribution in [0.4, 0.5) is 0 Å². The molecule has 24 heavy (non-hydrogen) atoms. The summed E-state index contributed by atoms with van der Waals surface area (Å²) in [6, 6.07) is 17.9. The summed E-state index contributed by atoms with van der Waals surface area (Å²) >= 11 is 0. The Morgan fingerprint density at radius 1 is 0.958 bits per heavy atom. The van der Waals surface area contributed by atoms with Crippen molar-refractivity contribution in [3.63, 3.8) is 0 Å². The van der Waals surface area contributed by atoms with Gasteiger partial charge in [-0.2, -0.15) is 0 Å². The largest absolute Gasteiger partial charge is 0.497 e. The summed E-state index contributed by atoms with van der Waals surface area (Å²) in [4.78, 5) is 17.1. The van der Waals surface area contributed by atoms with Gasteiger partial charge in [-0.3, -0.25) is 9.69 Å². The van der Waals surface area contributed by atoms with Gasteiger partial charge in [-0.25, -0.2) is 0 Å². The van der Waals surface area contributed by atoms with Gasteiger partial charge < -0.3 is 9.64 Å². The number of ether oxygens (including phenoxy) is 1. The predicted molar refractivity (Wildman–Crippen MR) is 95.2 cm³/mol. The first-order chi connectivity index (χ1) is 11.8. The third-order valence-electron chi connectivity index (χ3n) is 4.46. The molecule has 1 fully saturated rings. The molecule has 1 aliphatic heterocycles. The Balaban J connectivity index is 1.59. The number of amides is 1. The Labute approximate surface area is 143 Å². The van der Waals surface area contributed by atoms with Gasteiger partial charge in [0.15, 0.2) is 0 Å². The zero-order valence-corrected chi connectivity index (χ0v) is 14.1. The minimum Gasteiger partial charge on any atom is -0.497 e. The first kappa shape index (κ1) is 16.5. The molecule has 2 aromatic carbocycles. The molecule has 126 valence electrons. The van der Waals surface area contributed by atoms with Crippen LogP contribution in [0.25, 0.3) is 0 Å². The van der Waals surface area contributed by atoms with Gasteiger partial charge in [0.1, 0.15) is 5.75 Å². The second-order valence-electron chi connectivity index (χ2n) is 6.14. The lowest BCUT2D eigenvalue weighted by molar-refractivity contribution is 0.0761. The van der Waals surface area contributed by atoms with Crippen molar-refractivity contribution in [2.75, 3.05) is 33.3 Å². The van der Waals surface area contributed by atoms with Crippen molar-refractivity contribution in [3.05, 3.63) is 65.7 Å². The molecular weight excluding hydrogens is 300 g/mol. The Bertz CT molecular complexity index is 655. The van der Waals surface area contributed by atoms with Crippen LogP contribution in [0.3, 0.4) is 0 Å². The lowest BCUT2D eigenvalue weighted by atomic mass is 10.2. The van der Waals surface area contributed by atoms with Crippen LogP contribution in [0, 0.1) is 0 Å². The average Bonchev–Trinajstić information content (AvgIpc) is 2.88. The van der Waals surface area contributed by atoms with Gasteiger partial charge in [0.2, 0.25) is 0 Å². The maximum absolute atomic E-state index is 12.7. The van der Waals surface area contributed by atoms with Gasteiger partial charge in [-0.15, -0.1) is 0 Å². The van der Waals surface area contributed by atoms with Crippen LogP contribution in [-0.4, -0.2) is 49.0 Å². The van der Waals surface area contributed by atoms with Gasteiger partial charge in [0.25, 0.3) is 5.91 Å². The van der Waals surface area contributed by atoms with Crippen LogP contribution in [-0.2, 0) is 6.54 Å². The minimum absolute atomic E-state index is 0.110. The Kier molecular flexibility index (Phi) is 5.49. The van der Waals surface area contributed by atoms with Gasteiger partial charge >= 0.3 is 0 Å². The number of hydrogen-bond donors (Lipinski definition) is 0. The monoisotopic (exact) mass is 324 g/mol. The number of carbonyl (C=O) groups excluding carboxylic acids is 1. The van der Waals surface area contributed by atoms with E-state index in [9.17, 15) is 4.79 Å². The second-order valence-corrected chi connectivity index (χ2v) is 6.14. The summed E-state index contributed by atoms with van der Waals surface area (Å²) in [7, 11) is 1.63. The standard InChI is InChI=1S/C20H24N2O2/c1-24-19-10-8-18(9-11-19)20(23)22-13-5-12-21(14-15-22)16-17-6-3-2-4-7-17/h2-4,6-11H,5,12-16H2,1H3. The van der Waals surface area contributed by atoms with E-state index in [0.717, 1.165) is 50.5 Å². The second kappa shape index (κ2) is 7.97. The molecular formula is C20H24N2O2. The van der Waals surface area contributed by atoms with E-state index in [-0.39, 0.29) is 5.91 Å². The van der Waals surface area contributed by atoms with Crippen LogP contribution in [0.15, 0.2) is 54.6 Å². The predicted octanol–water partition coefficient (Wildman–Crippen LogP) is 3.04. The van der Waals surface area contributed by atoms with Crippen molar-refractivity contribution in [2.24, 2.45) is 0 Å². The fourth-order valence-corrected chi connectivity index (χ4v) is 3.09. The molecule has 0 spiro atoms. The van der Waals surface area contributed by atoms with Crippen molar-refractivity contribution in [2.45, 2.75) is 13.0 Å². The highest BCUT2D eigenvalue weighted by atomic mass is 16.5. The van der Waals surface area contributed by atoms with Crippen LogP contribution < -0.4 is 4.74 Å². The SMILES string of the molecule is COc1ccc(C(=O)N2CCCN(Cc3ccccc3)CC2)cc1. The lowest BCUT2D eigenvalue weighted by Gasteiger charge is -2.22. The van der Waals surface area contributed by atoms with Crippen molar-refractivity contribution in [1.29, 1.82) is 0 Å². The molecule has 0 atom stereocenters. The van der Waals surface area contributed by atoms with E-state index in [4.69, 9.17) is 4.74 Å². The molecule has 0 unspecified atom stereocenters. The quantitative estimate of drug-likeness (QED) is 0.866. The topological polar surface area (TPSA) is 32.8 Å². The van der Waals surface area contributed by atoms with Crippen molar-refractivity contribution in [3.8, 4) is 5.75 Å². The highest BCUT2D eigenvalue weighted by Gasteiger charge is 2.20. The van der Waals surface area contributed by atoms with E-state index in [1.54, 1.807) is 7.11 Å². The van der Waals surface area contributed by atoms with Gasteiger partial charge in [-0.1, -0.05) is 30.3 Å². The first-order valence-electron chi connectivity index (χ1n) is 8.46. The smallest absolute Gasteiger partial charge is 0.253 e. The Morgan fingerprint density at radius 3 is 2.42 bits per heavy atom. The lowest BCUT2D eigenvalue weighted by Crippen LogP contribution is -2.35. The maximum atomic E-state index is 12.7. The zero-order valence-electron chi connectivity index (χ0n) is 14.1. The number of nitrogens with zero attached hydrogens (tertiary/aromatic N) is 2. The molecule has 0 saturated carbocycles. The number of carbonyl (C=O) groups is 1. The number of benzene rings is 2. The van der Waals surface area contributed by atoms with Crippen molar-refractivity contribution < 1.29 is 9.53 Å². The van der Waals surface area contributed by atoms with Crippen LogP contribution in [0.1, 0.15) is 22.3 Å². The molecule has 1 heterocycles. The Hall–Kier alpha value is -2.33. The van der Waals surface area contributed by atoms with Gasteiger partial charge in [-0.05, 0) is 36.2 Å². The number of rotatable bonds is 4. The third kappa shape index (κ3) is 4.15. The molecule has 4 nitrogen and oxygen atoms in total. The average molecular weight is 324 g/mol. The van der Waals surface area contributed by atoms with Crippen molar-refractivity contribution >= 4 is 5.91 Å². The van der Waals surface area contributed by atoms with E-state index in [1.165, 1.54) is 5.56 Å². The van der Waals surface area contributed by atoms with Crippen LogP contribution >= 0.6 is 0 Å². The minimum atomic E-state index is 0.110. The van der Waals surface area contributed by atoms with Gasteiger partial charge in [0.05, 0.1) is 7.11 Å². The summed E-state index contributed by atoms with van der Waals surface area (Å²) in [6.07, 6.45) is 1.01. The highest BCUT2D eigenvalue weighted by Crippen LogP contribution is 2.15. The van der Waals surface area contributed by atoms with Crippen LogP contribution in [0.5, 0.6) is 5.75 Å². The number of hydrogen-bond acceptors (Lipinski definition) is 3. The molecule has 1 amide bonds. The number of methoxy groups -OCH3 is 1. The molecule has 1 saturated heterocycles. The summed E-state index contributed by atoms with van der Waals surface area (Å²) in [5.41, 5.74) is 2.06. The first-order valence-corrected chi connectivity index (χ1v) is 8.46. The molecule has 0 aromatic heterocycles. The highest BCUT2D eigenvalue weighted by molar-refractivity contribution is 5.94. The molecule has 4 heteroatoms. The molecule has 0 aliphatic carbocycles. The van der Waals surface area contributed by atoms with E-state index in [0.29, 0.717) is 0 Å². The molecule has 3 rings (SSSR count). The fourth-order valence-electron chi connectivity index (χ4n) is 3.09. The zero-order chi connectivity index (χ0) is 16.8. The molecule has 1 aliphatic rings. The van der Waals surface area contributed by atoms with Gasteiger partial charge in [0, 0.05) is 38.3 Å². The molecule has 0 N–H and O–H groups in total. The summed E-state index contributed by atoms with van der Waals surface area (Å²) in [5, 5.41) is 0. The summed E-state index contributed by atoms with van der Waals surface area (Å²) in [6.45, 7) is 4.48. The van der Waals surface area contributed by atoms with Crippen molar-refractivity contribution in [1.82, 2.24) is 9.80 Å². The van der Waals surface area contributed by atoms with Crippen LogP contribution in [0.2, 0.25) is 0 Å².